The summed E-state index contributed by atoms with van der Waals surface area (Å²) in [5.41, 5.74) is 2.06. The Morgan fingerprint density at radius 2 is 2.14 bits per heavy atom. The van der Waals surface area contributed by atoms with Crippen LogP contribution in [0.5, 0.6) is 5.75 Å². The maximum atomic E-state index is 12.7. The zero-order chi connectivity index (χ0) is 15.6. The van der Waals surface area contributed by atoms with Gasteiger partial charge in [-0.15, -0.1) is 0 Å². The molecule has 0 unspecified atom stereocenters. The molecule has 0 saturated heterocycles. The number of aromatic nitrogens is 1. The highest BCUT2D eigenvalue weighted by molar-refractivity contribution is 7.92. The number of fused-ring (bicyclic) bond motifs is 1. The molecule has 0 saturated carbocycles. The molecule has 3 rings (SSSR count). The van der Waals surface area contributed by atoms with E-state index in [9.17, 15) is 12.8 Å². The van der Waals surface area contributed by atoms with Crippen LogP contribution in [0.1, 0.15) is 11.1 Å². The highest BCUT2D eigenvalue weighted by Gasteiger charge is 2.15. The Hall–Kier alpha value is -2.15. The molecule has 1 aliphatic heterocycles. The number of nitrogens with one attached hydrogen (secondary N) is 1. The van der Waals surface area contributed by atoms with Gasteiger partial charge in [0, 0.05) is 6.42 Å². The van der Waals surface area contributed by atoms with Gasteiger partial charge in [-0.25, -0.2) is 17.8 Å². The molecule has 0 amide bonds. The van der Waals surface area contributed by atoms with Crippen LogP contribution >= 0.6 is 0 Å². The molecule has 0 fully saturated rings. The van der Waals surface area contributed by atoms with E-state index in [1.807, 2.05) is 18.2 Å². The van der Waals surface area contributed by atoms with Crippen molar-refractivity contribution in [3.05, 3.63) is 53.5 Å². The van der Waals surface area contributed by atoms with Crippen molar-refractivity contribution in [3.63, 3.8) is 0 Å². The average Bonchev–Trinajstić information content (AvgIpc) is 2.95. The molecular weight excluding hydrogens is 307 g/mol. The monoisotopic (exact) mass is 322 g/mol. The quantitative estimate of drug-likeness (QED) is 0.916. The predicted molar refractivity (Wildman–Crippen MR) is 80.9 cm³/mol. The summed E-state index contributed by atoms with van der Waals surface area (Å²) in [4.78, 5) is 3.68. The van der Waals surface area contributed by atoms with Crippen molar-refractivity contribution in [3.8, 4) is 5.75 Å². The highest BCUT2D eigenvalue weighted by atomic mass is 32.2. The first-order valence-corrected chi connectivity index (χ1v) is 8.54. The Kier molecular flexibility index (Phi) is 3.98. The van der Waals surface area contributed by atoms with E-state index >= 15 is 0 Å². The molecule has 0 bridgehead atoms. The van der Waals surface area contributed by atoms with Crippen molar-refractivity contribution in [2.24, 2.45) is 0 Å². The normalized spacial score (nSPS) is 13.5. The second kappa shape index (κ2) is 5.92. The van der Waals surface area contributed by atoms with E-state index in [-0.39, 0.29) is 11.6 Å². The summed E-state index contributed by atoms with van der Waals surface area (Å²) in [5.74, 6) is 0.415. The van der Waals surface area contributed by atoms with E-state index < -0.39 is 15.8 Å². The molecule has 7 heteroatoms. The maximum absolute atomic E-state index is 12.7. The van der Waals surface area contributed by atoms with Crippen molar-refractivity contribution in [1.82, 2.24) is 4.98 Å². The lowest BCUT2D eigenvalue weighted by Gasteiger charge is -2.08. The van der Waals surface area contributed by atoms with E-state index in [0.717, 1.165) is 35.6 Å². The summed E-state index contributed by atoms with van der Waals surface area (Å²) in [5, 5.41) is 0. The molecule has 1 aromatic carbocycles. The minimum atomic E-state index is -3.53. The van der Waals surface area contributed by atoms with Gasteiger partial charge in [-0.3, -0.25) is 4.72 Å². The van der Waals surface area contributed by atoms with Gasteiger partial charge in [0.1, 0.15) is 17.4 Å². The number of pyridine rings is 1. The lowest BCUT2D eigenvalue weighted by Crippen LogP contribution is -2.19. The largest absolute Gasteiger partial charge is 0.493 e. The summed E-state index contributed by atoms with van der Waals surface area (Å²) in [7, 11) is -3.53. The van der Waals surface area contributed by atoms with Crippen molar-refractivity contribution in [2.45, 2.75) is 12.8 Å². The molecule has 116 valence electrons. The van der Waals surface area contributed by atoms with Gasteiger partial charge in [0.05, 0.1) is 18.6 Å². The third kappa shape index (κ3) is 3.54. The van der Waals surface area contributed by atoms with Crippen LogP contribution in [0, 0.1) is 5.82 Å². The maximum Gasteiger partial charge on any atom is 0.234 e. The lowest BCUT2D eigenvalue weighted by molar-refractivity contribution is 0.357. The van der Waals surface area contributed by atoms with Crippen LogP contribution < -0.4 is 9.46 Å². The fourth-order valence-electron chi connectivity index (χ4n) is 2.29. The SMILES string of the molecule is O=S(=O)(CCc1ccc2c(c1)CCO2)Nc1ccc(F)cn1. The van der Waals surface area contributed by atoms with Crippen LogP contribution in [0.3, 0.4) is 0 Å². The number of sulfonamides is 1. The second-order valence-electron chi connectivity index (χ2n) is 5.07. The van der Waals surface area contributed by atoms with Crippen LogP contribution in [-0.2, 0) is 22.9 Å². The number of benzene rings is 1. The van der Waals surface area contributed by atoms with Crippen molar-refractivity contribution < 1.29 is 17.5 Å². The summed E-state index contributed by atoms with van der Waals surface area (Å²) >= 11 is 0. The standard InChI is InChI=1S/C15H15FN2O3S/c16-13-2-4-15(17-10-13)18-22(19,20)8-6-11-1-3-14-12(9-11)5-7-21-14/h1-4,9-10H,5-8H2,(H,17,18). The van der Waals surface area contributed by atoms with Gasteiger partial charge in [-0.05, 0) is 35.7 Å². The Balaban J connectivity index is 1.63. The summed E-state index contributed by atoms with van der Waals surface area (Å²) < 4.78 is 44.5. The van der Waals surface area contributed by atoms with Crippen molar-refractivity contribution >= 4 is 15.8 Å². The molecule has 1 aliphatic rings. The van der Waals surface area contributed by atoms with E-state index in [2.05, 4.69) is 9.71 Å². The number of hydrogen-bond acceptors (Lipinski definition) is 4. The number of rotatable bonds is 5. The fraction of sp³-hybridized carbons (Fsp3) is 0.267. The van der Waals surface area contributed by atoms with E-state index in [1.54, 1.807) is 0 Å². The first-order chi connectivity index (χ1) is 10.5. The highest BCUT2D eigenvalue weighted by Crippen LogP contribution is 2.26. The smallest absolute Gasteiger partial charge is 0.234 e. The van der Waals surface area contributed by atoms with Gasteiger partial charge in [-0.2, -0.15) is 0 Å². The minimum absolute atomic E-state index is 0.0638. The Morgan fingerprint density at radius 3 is 2.91 bits per heavy atom. The van der Waals surface area contributed by atoms with Gasteiger partial charge in [0.2, 0.25) is 10.0 Å². The van der Waals surface area contributed by atoms with Gasteiger partial charge in [0.25, 0.3) is 0 Å². The molecule has 0 radical (unpaired) electrons. The Morgan fingerprint density at radius 1 is 1.27 bits per heavy atom. The molecule has 0 atom stereocenters. The molecule has 22 heavy (non-hydrogen) atoms. The van der Waals surface area contributed by atoms with Gasteiger partial charge in [-0.1, -0.05) is 12.1 Å². The lowest BCUT2D eigenvalue weighted by atomic mass is 10.1. The van der Waals surface area contributed by atoms with Gasteiger partial charge >= 0.3 is 0 Å². The van der Waals surface area contributed by atoms with Crippen LogP contribution in [0.25, 0.3) is 0 Å². The third-order valence-corrected chi connectivity index (χ3v) is 4.66. The molecule has 2 heterocycles. The zero-order valence-corrected chi connectivity index (χ0v) is 12.6. The molecule has 0 spiro atoms. The fourth-order valence-corrected chi connectivity index (χ4v) is 3.34. The van der Waals surface area contributed by atoms with E-state index in [4.69, 9.17) is 4.74 Å². The first kappa shape index (κ1) is 14.8. The van der Waals surface area contributed by atoms with E-state index in [1.165, 1.54) is 6.07 Å². The summed E-state index contributed by atoms with van der Waals surface area (Å²) in [6.45, 7) is 0.675. The molecule has 0 aliphatic carbocycles. The Bertz CT molecular complexity index is 776. The number of nitrogens with zero attached hydrogens (tertiary/aromatic N) is 1. The summed E-state index contributed by atoms with van der Waals surface area (Å²) in [6.07, 6.45) is 2.22. The van der Waals surface area contributed by atoms with Crippen LogP contribution in [0.4, 0.5) is 10.2 Å². The molecule has 2 aromatic rings. The topological polar surface area (TPSA) is 68.3 Å². The number of halogens is 1. The Labute approximate surface area is 128 Å². The van der Waals surface area contributed by atoms with Crippen molar-refractivity contribution in [2.75, 3.05) is 17.1 Å². The second-order valence-corrected chi connectivity index (χ2v) is 6.91. The van der Waals surface area contributed by atoms with Crippen LogP contribution in [-0.4, -0.2) is 25.8 Å². The average molecular weight is 322 g/mol. The van der Waals surface area contributed by atoms with Crippen LogP contribution in [0.15, 0.2) is 36.5 Å². The molecular formula is C15H15FN2O3S. The van der Waals surface area contributed by atoms with Crippen LogP contribution in [0.2, 0.25) is 0 Å². The summed E-state index contributed by atoms with van der Waals surface area (Å²) in [6, 6.07) is 8.17. The minimum Gasteiger partial charge on any atom is -0.493 e. The molecule has 1 aromatic heterocycles. The predicted octanol–water partition coefficient (Wildman–Crippen LogP) is 2.14. The number of anilines is 1. The number of ether oxygens (including phenoxy) is 1. The molecule has 1 N–H and O–H groups in total. The van der Waals surface area contributed by atoms with Gasteiger partial charge < -0.3 is 4.74 Å². The van der Waals surface area contributed by atoms with E-state index in [0.29, 0.717) is 13.0 Å². The zero-order valence-electron chi connectivity index (χ0n) is 11.8. The number of aryl methyl sites for hydroxylation is 1. The number of hydrogen-bond donors (Lipinski definition) is 1. The van der Waals surface area contributed by atoms with Gasteiger partial charge in [0.15, 0.2) is 0 Å². The third-order valence-electron chi connectivity index (χ3n) is 3.40. The first-order valence-electron chi connectivity index (χ1n) is 6.88. The van der Waals surface area contributed by atoms with Crippen molar-refractivity contribution in [1.29, 1.82) is 0 Å². The molecule has 5 nitrogen and oxygen atoms in total.